The predicted molar refractivity (Wildman–Crippen MR) is 41.3 cm³/mol. The van der Waals surface area contributed by atoms with Crippen LogP contribution in [0.5, 0.6) is 0 Å². The van der Waals surface area contributed by atoms with Gasteiger partial charge in [0.25, 0.3) is 0 Å². The van der Waals surface area contributed by atoms with Crippen LogP contribution in [0.25, 0.3) is 0 Å². The van der Waals surface area contributed by atoms with Gasteiger partial charge >= 0.3 is 0 Å². The topological polar surface area (TPSA) is 36.1 Å². The molecule has 0 aliphatic heterocycles. The summed E-state index contributed by atoms with van der Waals surface area (Å²) in [5.74, 6) is 0. The molecule has 0 aromatic heterocycles. The van der Waals surface area contributed by atoms with E-state index in [9.17, 15) is 0 Å². The van der Waals surface area contributed by atoms with Crippen molar-refractivity contribution in [2.75, 3.05) is 0 Å². The van der Waals surface area contributed by atoms with Crippen molar-refractivity contribution < 1.29 is 0 Å². The molecule has 2 nitrogen and oxygen atoms in total. The van der Waals surface area contributed by atoms with Gasteiger partial charge in [-0.05, 0) is 6.08 Å². The van der Waals surface area contributed by atoms with Crippen LogP contribution in [0, 0.1) is 11.3 Å². The molecule has 0 atom stereocenters. The van der Waals surface area contributed by atoms with Gasteiger partial charge in [-0.25, -0.2) is 0 Å². The third-order valence-electron chi connectivity index (χ3n) is 0.474. The van der Waals surface area contributed by atoms with Gasteiger partial charge in [0.15, 0.2) is 0 Å². The summed E-state index contributed by atoms with van der Waals surface area (Å²) in [4.78, 5) is 3.57. The summed E-state index contributed by atoms with van der Waals surface area (Å²) in [6.45, 7) is 3.53. The maximum atomic E-state index is 7.96. The molecule has 0 unspecified atom stereocenters. The molecule has 0 fully saturated rings. The number of rotatable bonds is 2. The summed E-state index contributed by atoms with van der Waals surface area (Å²) in [6.07, 6.45) is 4.28. The highest BCUT2D eigenvalue weighted by molar-refractivity contribution is 9.11. The van der Waals surface area contributed by atoms with Gasteiger partial charge in [-0.15, -0.1) is 0 Å². The van der Waals surface area contributed by atoms with Gasteiger partial charge in [-0.3, -0.25) is 4.99 Å². The lowest BCUT2D eigenvalue weighted by Gasteiger charge is -1.75. The van der Waals surface area contributed by atoms with Crippen molar-refractivity contribution in [1.82, 2.24) is 0 Å². The lowest BCUT2D eigenvalue weighted by atomic mass is 10.6. The van der Waals surface area contributed by atoms with Crippen LogP contribution in [-0.4, -0.2) is 6.21 Å². The Bertz CT molecular complexity index is 186. The number of aliphatic imine (C=N–C) groups is 1. The van der Waals surface area contributed by atoms with Gasteiger partial charge in [0, 0.05) is 10.7 Å². The molecule has 0 amide bonds. The van der Waals surface area contributed by atoms with E-state index in [-0.39, 0.29) is 0 Å². The van der Waals surface area contributed by atoms with Gasteiger partial charge in [0.2, 0.25) is 0 Å². The summed E-state index contributed by atoms with van der Waals surface area (Å²) in [6, 6.07) is 1.75. The van der Waals surface area contributed by atoms with Gasteiger partial charge in [-0.2, -0.15) is 5.26 Å². The highest BCUT2D eigenvalue weighted by Gasteiger charge is 1.70. The maximum Gasteiger partial charge on any atom is 0.111 e. The first-order valence-corrected chi connectivity index (χ1v) is 2.99. The Morgan fingerprint density at radius 3 is 2.89 bits per heavy atom. The van der Waals surface area contributed by atoms with E-state index in [0.29, 0.717) is 0 Å². The highest BCUT2D eigenvalue weighted by atomic mass is 79.9. The zero-order valence-electron chi connectivity index (χ0n) is 4.71. The van der Waals surface area contributed by atoms with Crippen LogP contribution in [0.3, 0.4) is 0 Å². The molecular weight excluding hydrogens is 180 g/mol. The number of nitrogens with zero attached hydrogens (tertiary/aromatic N) is 2. The second-order valence-corrected chi connectivity index (χ2v) is 2.19. The molecule has 3 heteroatoms. The minimum atomic E-state index is 0.734. The van der Waals surface area contributed by atoms with E-state index in [1.54, 1.807) is 12.1 Å². The molecule has 0 saturated heterocycles. The molecule has 0 bridgehead atoms. The van der Waals surface area contributed by atoms with E-state index >= 15 is 0 Å². The van der Waals surface area contributed by atoms with Crippen molar-refractivity contribution in [3.05, 3.63) is 23.3 Å². The molecule has 0 saturated carbocycles. The van der Waals surface area contributed by atoms with E-state index in [0.717, 1.165) is 10.7 Å². The Morgan fingerprint density at radius 2 is 2.44 bits per heavy atom. The highest BCUT2D eigenvalue weighted by Crippen LogP contribution is 2.00. The van der Waals surface area contributed by atoms with Gasteiger partial charge < -0.3 is 0 Å². The number of hydrogen-bond acceptors (Lipinski definition) is 2. The van der Waals surface area contributed by atoms with Gasteiger partial charge in [-0.1, -0.05) is 22.5 Å². The Kier molecular flexibility index (Phi) is 4.75. The van der Waals surface area contributed by atoms with Crippen LogP contribution in [0.1, 0.15) is 0 Å². The minimum absolute atomic E-state index is 0.734. The Balaban J connectivity index is 3.63. The second-order valence-electron chi connectivity index (χ2n) is 1.17. The fourth-order valence-corrected chi connectivity index (χ4v) is 0.318. The molecule has 0 aromatic carbocycles. The van der Waals surface area contributed by atoms with Crippen molar-refractivity contribution in [2.24, 2.45) is 4.99 Å². The molecule has 0 N–H and O–H groups in total. The fourth-order valence-electron chi connectivity index (χ4n) is 0.200. The van der Waals surface area contributed by atoms with Gasteiger partial charge in [0.1, 0.15) is 12.3 Å². The van der Waals surface area contributed by atoms with Crippen LogP contribution >= 0.6 is 15.9 Å². The van der Waals surface area contributed by atoms with Crippen LogP contribution in [0.15, 0.2) is 28.3 Å². The van der Waals surface area contributed by atoms with E-state index in [1.165, 1.54) is 6.20 Å². The summed E-state index contributed by atoms with van der Waals surface area (Å²) >= 11 is 3.09. The number of halogens is 1. The zero-order valence-corrected chi connectivity index (χ0v) is 6.30. The quantitative estimate of drug-likeness (QED) is 0.478. The lowest BCUT2D eigenvalue weighted by molar-refractivity contribution is 1.53. The summed E-state index contributed by atoms with van der Waals surface area (Å²) in [5.41, 5.74) is 0. The molecular formula is C6H5BrN2. The van der Waals surface area contributed by atoms with E-state index in [1.807, 2.05) is 0 Å². The third-order valence-corrected chi connectivity index (χ3v) is 0.738. The Morgan fingerprint density at radius 1 is 1.78 bits per heavy atom. The van der Waals surface area contributed by atoms with Crippen molar-refractivity contribution in [3.8, 4) is 6.07 Å². The van der Waals surface area contributed by atoms with E-state index in [4.69, 9.17) is 5.26 Å². The van der Waals surface area contributed by atoms with E-state index in [2.05, 4.69) is 27.5 Å². The molecule has 0 spiro atoms. The minimum Gasteiger partial charge on any atom is -0.253 e. The number of hydrogen-bond donors (Lipinski definition) is 0. The first kappa shape index (κ1) is 8.12. The standard InChI is InChI=1S/C6H5BrN2/c1-6(7)2-4-9-5-3-8/h2,4-5H,1H2/b4-2-,9-5+. The third kappa shape index (κ3) is 7.12. The Hall–Kier alpha value is -0.880. The van der Waals surface area contributed by atoms with Crippen LogP contribution in [0.4, 0.5) is 0 Å². The number of nitriles is 1. The van der Waals surface area contributed by atoms with Crippen molar-refractivity contribution in [1.29, 1.82) is 5.26 Å². The molecule has 9 heavy (non-hydrogen) atoms. The summed E-state index contributed by atoms with van der Waals surface area (Å²) < 4.78 is 0.734. The first-order chi connectivity index (χ1) is 4.27. The van der Waals surface area contributed by atoms with Crippen molar-refractivity contribution in [2.45, 2.75) is 0 Å². The van der Waals surface area contributed by atoms with Crippen LogP contribution in [0.2, 0.25) is 0 Å². The monoisotopic (exact) mass is 184 g/mol. The molecule has 46 valence electrons. The average Bonchev–Trinajstić information content (AvgIpc) is 1.80. The molecule has 0 heterocycles. The smallest absolute Gasteiger partial charge is 0.111 e. The van der Waals surface area contributed by atoms with Crippen LogP contribution in [-0.2, 0) is 0 Å². The van der Waals surface area contributed by atoms with E-state index < -0.39 is 0 Å². The zero-order chi connectivity index (χ0) is 7.11. The molecule has 0 aliphatic carbocycles. The molecule has 0 aliphatic rings. The Labute approximate surface area is 62.3 Å². The molecule has 0 radical (unpaired) electrons. The largest absolute Gasteiger partial charge is 0.253 e. The van der Waals surface area contributed by atoms with Crippen molar-refractivity contribution >= 4 is 22.1 Å². The maximum absolute atomic E-state index is 7.96. The van der Waals surface area contributed by atoms with Crippen molar-refractivity contribution in [3.63, 3.8) is 0 Å². The normalized spacial score (nSPS) is 10.2. The number of allylic oxidation sites excluding steroid dienone is 2. The second kappa shape index (κ2) is 5.26. The molecule has 0 aromatic rings. The first-order valence-electron chi connectivity index (χ1n) is 2.19. The SMILES string of the molecule is C=C(Br)/C=C\N=C\C#N. The summed E-state index contributed by atoms with van der Waals surface area (Å²) in [7, 11) is 0. The summed E-state index contributed by atoms with van der Waals surface area (Å²) in [5, 5.41) is 7.96. The fraction of sp³-hybridized carbons (Fsp3) is 0. The lowest BCUT2D eigenvalue weighted by Crippen LogP contribution is -1.58. The molecule has 0 rings (SSSR count). The predicted octanol–water partition coefficient (Wildman–Crippen LogP) is 2.00. The van der Waals surface area contributed by atoms with Crippen LogP contribution < -0.4 is 0 Å². The van der Waals surface area contributed by atoms with Gasteiger partial charge in [0.05, 0.1) is 0 Å². The average molecular weight is 185 g/mol.